The maximum Gasteiger partial charge on any atom is 0.165 e. The molecule has 120 valence electrons. The van der Waals surface area contributed by atoms with Crippen molar-refractivity contribution in [2.24, 2.45) is 0 Å². The molecule has 1 N–H and O–H groups in total. The molecule has 0 aliphatic rings. The van der Waals surface area contributed by atoms with Gasteiger partial charge in [0, 0.05) is 17.6 Å². The van der Waals surface area contributed by atoms with Crippen LogP contribution in [0.5, 0.6) is 0 Å². The van der Waals surface area contributed by atoms with Gasteiger partial charge < -0.3 is 5.11 Å². The molecule has 0 radical (unpaired) electrons. The smallest absolute Gasteiger partial charge is 0.165 e. The normalized spacial score (nSPS) is 11.1. The first-order chi connectivity index (χ1) is 11.6. The van der Waals surface area contributed by atoms with Crippen molar-refractivity contribution in [1.29, 1.82) is 5.26 Å². The highest BCUT2D eigenvalue weighted by Gasteiger charge is 2.16. The molecule has 0 aromatic heterocycles. The number of nitriles is 1. The van der Waals surface area contributed by atoms with Crippen LogP contribution in [0.4, 0.5) is 0 Å². The topological polar surface area (TPSA) is 61.1 Å². The highest BCUT2D eigenvalue weighted by atomic mass is 16.3. The van der Waals surface area contributed by atoms with Gasteiger partial charge in [-0.1, -0.05) is 49.4 Å². The van der Waals surface area contributed by atoms with Gasteiger partial charge in [0.15, 0.2) is 5.78 Å². The molecule has 1 atom stereocenters. The van der Waals surface area contributed by atoms with Crippen LogP contribution in [0.3, 0.4) is 0 Å². The van der Waals surface area contributed by atoms with Gasteiger partial charge >= 0.3 is 0 Å². The minimum absolute atomic E-state index is 0.00420. The lowest BCUT2D eigenvalue weighted by atomic mass is 9.94. The fourth-order valence-corrected chi connectivity index (χ4v) is 2.36. The molecule has 0 spiro atoms. The number of ketones is 1. The molecule has 0 bridgehead atoms. The van der Waals surface area contributed by atoms with Gasteiger partial charge in [0.05, 0.1) is 11.6 Å². The van der Waals surface area contributed by atoms with Gasteiger partial charge in [0.2, 0.25) is 0 Å². The first kappa shape index (κ1) is 17.4. The third-order valence-electron chi connectivity index (χ3n) is 3.78. The molecular formula is C21H19NO2. The molecule has 0 aliphatic heterocycles. The molecule has 0 aliphatic carbocycles. The van der Waals surface area contributed by atoms with Crippen LogP contribution in [0, 0.1) is 11.3 Å². The number of carbonyl (C=O) groups is 1. The molecule has 24 heavy (non-hydrogen) atoms. The van der Waals surface area contributed by atoms with Gasteiger partial charge in [-0.3, -0.25) is 4.79 Å². The lowest BCUT2D eigenvalue weighted by Crippen LogP contribution is -2.02. The maximum absolute atomic E-state index is 11.9. The summed E-state index contributed by atoms with van der Waals surface area (Å²) in [6.45, 7) is 3.51. The van der Waals surface area contributed by atoms with Crippen LogP contribution >= 0.6 is 0 Å². The number of nitrogens with zero attached hydrogens (tertiary/aromatic N) is 1. The second-order valence-corrected chi connectivity index (χ2v) is 5.44. The van der Waals surface area contributed by atoms with Crippen LogP contribution in [0.2, 0.25) is 0 Å². The molecule has 3 heteroatoms. The summed E-state index contributed by atoms with van der Waals surface area (Å²) >= 11 is 0. The fraction of sp³-hybridized carbons (Fsp3) is 0.190. The van der Waals surface area contributed by atoms with Gasteiger partial charge in [0.1, 0.15) is 6.10 Å². The van der Waals surface area contributed by atoms with Gasteiger partial charge in [0.25, 0.3) is 0 Å². The lowest BCUT2D eigenvalue weighted by Gasteiger charge is -2.14. The predicted octanol–water partition coefficient (Wildman–Crippen LogP) is 4.20. The van der Waals surface area contributed by atoms with Crippen LogP contribution in [0.1, 0.15) is 43.1 Å². The lowest BCUT2D eigenvalue weighted by molar-refractivity contribution is -0.115. The van der Waals surface area contributed by atoms with Crippen molar-refractivity contribution in [3.63, 3.8) is 0 Å². The van der Waals surface area contributed by atoms with E-state index in [2.05, 4.69) is 11.8 Å². The average molecular weight is 317 g/mol. The molecule has 3 nitrogen and oxygen atoms in total. The number of benzene rings is 2. The molecule has 0 saturated carbocycles. The van der Waals surface area contributed by atoms with Crippen molar-refractivity contribution in [2.45, 2.75) is 26.4 Å². The Balaban J connectivity index is 2.56. The largest absolute Gasteiger partial charge is 0.383 e. The number of rotatable bonds is 5. The predicted molar refractivity (Wildman–Crippen MR) is 94.0 cm³/mol. The zero-order chi connectivity index (χ0) is 17.5. The Morgan fingerprint density at radius 2 is 1.75 bits per heavy atom. The van der Waals surface area contributed by atoms with E-state index < -0.39 is 6.10 Å². The van der Waals surface area contributed by atoms with Crippen LogP contribution in [0.15, 0.2) is 65.9 Å². The average Bonchev–Trinajstić information content (AvgIpc) is 2.65. The quantitative estimate of drug-likeness (QED) is 0.664. The first-order valence-corrected chi connectivity index (χ1v) is 7.81. The van der Waals surface area contributed by atoms with E-state index >= 15 is 0 Å². The highest BCUT2D eigenvalue weighted by molar-refractivity contribution is 5.95. The minimum atomic E-state index is -0.931. The maximum atomic E-state index is 11.9. The van der Waals surface area contributed by atoms with Crippen molar-refractivity contribution in [3.05, 3.63) is 82.6 Å². The van der Waals surface area contributed by atoms with E-state index in [1.807, 2.05) is 30.3 Å². The highest BCUT2D eigenvalue weighted by Crippen LogP contribution is 2.29. The summed E-state index contributed by atoms with van der Waals surface area (Å²) in [7, 11) is 0. The Labute approximate surface area is 142 Å². The van der Waals surface area contributed by atoms with Crippen molar-refractivity contribution in [3.8, 4) is 6.07 Å². The summed E-state index contributed by atoms with van der Waals surface area (Å²) in [6, 6.07) is 18.2. The Morgan fingerprint density at radius 1 is 1.12 bits per heavy atom. The fourth-order valence-electron chi connectivity index (χ4n) is 2.36. The van der Waals surface area contributed by atoms with Crippen molar-refractivity contribution >= 4 is 11.4 Å². The summed E-state index contributed by atoms with van der Waals surface area (Å²) in [6.07, 6.45) is -0.534. The van der Waals surface area contributed by atoms with Crippen LogP contribution in [-0.4, -0.2) is 10.9 Å². The van der Waals surface area contributed by atoms with Crippen molar-refractivity contribution in [2.75, 3.05) is 0 Å². The van der Waals surface area contributed by atoms with Gasteiger partial charge in [-0.25, -0.2) is 0 Å². The summed E-state index contributed by atoms with van der Waals surface area (Å²) < 4.78 is 0. The minimum Gasteiger partial charge on any atom is -0.383 e. The first-order valence-electron chi connectivity index (χ1n) is 7.81. The molecular weight excluding hydrogens is 298 g/mol. The summed E-state index contributed by atoms with van der Waals surface area (Å²) in [5, 5.41) is 19.7. The van der Waals surface area contributed by atoms with Crippen LogP contribution in [0.25, 0.3) is 5.57 Å². The van der Waals surface area contributed by atoms with E-state index in [0.29, 0.717) is 28.7 Å². The zero-order valence-electron chi connectivity index (χ0n) is 13.8. The van der Waals surface area contributed by atoms with E-state index in [9.17, 15) is 9.90 Å². The Hall–Kier alpha value is -2.92. The standard InChI is InChI=1S/C21H19NO2/c1-3-20(23)15(2)13-19(17-7-5-4-6-8-17)21(24)18-11-9-16(14-22)10-12-18/h4-12,21,24H,3H2,1-2H3. The molecule has 2 rings (SSSR count). The van der Waals surface area contributed by atoms with Gasteiger partial charge in [-0.2, -0.15) is 5.26 Å². The Kier molecular flexibility index (Phi) is 5.87. The summed E-state index contributed by atoms with van der Waals surface area (Å²) in [4.78, 5) is 11.9. The number of aliphatic hydroxyl groups excluding tert-OH is 1. The number of hydrogen-bond donors (Lipinski definition) is 1. The molecule has 2 aromatic rings. The van der Waals surface area contributed by atoms with Crippen LogP contribution < -0.4 is 0 Å². The number of aliphatic hydroxyl groups is 1. The summed E-state index contributed by atoms with van der Waals surface area (Å²) in [5.41, 5.74) is 6.10. The van der Waals surface area contributed by atoms with E-state index in [0.717, 1.165) is 5.56 Å². The second-order valence-electron chi connectivity index (χ2n) is 5.44. The molecule has 0 amide bonds. The number of carbonyl (C=O) groups excluding carboxylic acids is 1. The number of hydrogen-bond acceptors (Lipinski definition) is 3. The number of Topliss-reactive ketones (excluding diaryl/α,β-unsaturated/α-hetero) is 1. The van der Waals surface area contributed by atoms with Crippen molar-refractivity contribution in [1.82, 2.24) is 0 Å². The van der Waals surface area contributed by atoms with Crippen molar-refractivity contribution < 1.29 is 9.90 Å². The van der Waals surface area contributed by atoms with E-state index in [1.54, 1.807) is 38.1 Å². The Bertz CT molecular complexity index is 820. The molecule has 0 fully saturated rings. The third kappa shape index (κ3) is 4.08. The van der Waals surface area contributed by atoms with Gasteiger partial charge in [-0.05, 0) is 30.2 Å². The summed E-state index contributed by atoms with van der Waals surface area (Å²) in [5.74, 6) is -0.00420. The van der Waals surface area contributed by atoms with E-state index in [1.165, 1.54) is 0 Å². The second kappa shape index (κ2) is 8.08. The van der Waals surface area contributed by atoms with Crippen LogP contribution in [-0.2, 0) is 4.79 Å². The SMILES string of the molecule is CCC(=O)C(C)=C=C(c1ccccc1)C(O)c1ccc(C#N)cc1. The molecule has 1 unspecified atom stereocenters. The Morgan fingerprint density at radius 3 is 2.29 bits per heavy atom. The van der Waals surface area contributed by atoms with Gasteiger partial charge in [-0.15, -0.1) is 5.73 Å². The zero-order valence-corrected chi connectivity index (χ0v) is 13.8. The third-order valence-corrected chi connectivity index (χ3v) is 3.78. The molecule has 0 saturated heterocycles. The van der Waals surface area contributed by atoms with E-state index in [4.69, 9.17) is 5.26 Å². The van der Waals surface area contributed by atoms with E-state index in [-0.39, 0.29) is 5.78 Å². The molecule has 0 heterocycles. The monoisotopic (exact) mass is 317 g/mol. The molecule has 2 aromatic carbocycles.